The normalized spacial score (nSPS) is 37.6. The number of hydrogen-bond acceptors (Lipinski definition) is 3. The van der Waals surface area contributed by atoms with Crippen LogP contribution in [0, 0.1) is 17.8 Å². The molecule has 2 heterocycles. The average Bonchev–Trinajstić information content (AvgIpc) is 2.65. The van der Waals surface area contributed by atoms with Crippen LogP contribution in [0.2, 0.25) is 0 Å². The predicted molar refractivity (Wildman–Crippen MR) is 73.4 cm³/mol. The van der Waals surface area contributed by atoms with Gasteiger partial charge in [-0.3, -0.25) is 0 Å². The molecule has 3 heteroatoms. The monoisotopic (exact) mass is 258 g/mol. The topological polar surface area (TPSA) is 29.5 Å². The van der Waals surface area contributed by atoms with Crippen molar-refractivity contribution in [2.75, 3.05) is 18.1 Å². The van der Waals surface area contributed by atoms with Crippen LogP contribution in [0.5, 0.6) is 0 Å². The molecule has 4 unspecified atom stereocenters. The SMILES string of the molecule is CC(C)C(C(C)O)C1CCOC2(CCSC2)C1. The Morgan fingerprint density at radius 2 is 2.12 bits per heavy atom. The van der Waals surface area contributed by atoms with Crippen LogP contribution in [0.25, 0.3) is 0 Å². The maximum atomic E-state index is 10.0. The molecule has 0 radical (unpaired) electrons. The lowest BCUT2D eigenvalue weighted by Crippen LogP contribution is -2.44. The molecule has 100 valence electrons. The molecule has 1 spiro atoms. The molecule has 0 saturated carbocycles. The van der Waals surface area contributed by atoms with Crippen LogP contribution in [-0.4, -0.2) is 34.9 Å². The Kier molecular flexibility index (Phi) is 4.43. The summed E-state index contributed by atoms with van der Waals surface area (Å²) in [4.78, 5) is 0. The van der Waals surface area contributed by atoms with Gasteiger partial charge >= 0.3 is 0 Å². The molecule has 0 aromatic rings. The zero-order chi connectivity index (χ0) is 12.5. The first-order valence-corrected chi connectivity index (χ1v) is 8.09. The first kappa shape index (κ1) is 13.7. The van der Waals surface area contributed by atoms with Gasteiger partial charge in [-0.05, 0) is 49.7 Å². The van der Waals surface area contributed by atoms with Crippen molar-refractivity contribution in [2.24, 2.45) is 17.8 Å². The smallest absolute Gasteiger partial charge is 0.0783 e. The number of rotatable bonds is 3. The van der Waals surface area contributed by atoms with Crippen molar-refractivity contribution in [3.8, 4) is 0 Å². The van der Waals surface area contributed by atoms with Crippen molar-refractivity contribution in [3.63, 3.8) is 0 Å². The first-order valence-electron chi connectivity index (χ1n) is 6.94. The Morgan fingerprint density at radius 1 is 1.35 bits per heavy atom. The molecule has 2 saturated heterocycles. The van der Waals surface area contributed by atoms with E-state index in [1.54, 1.807) is 0 Å². The summed E-state index contributed by atoms with van der Waals surface area (Å²) in [5.41, 5.74) is 0.148. The second-order valence-corrected chi connectivity index (χ2v) is 7.25. The van der Waals surface area contributed by atoms with Crippen LogP contribution in [-0.2, 0) is 4.74 Å². The summed E-state index contributed by atoms with van der Waals surface area (Å²) in [6.07, 6.45) is 3.30. The molecule has 0 aliphatic carbocycles. The van der Waals surface area contributed by atoms with E-state index < -0.39 is 0 Å². The third-order valence-corrected chi connectivity index (χ3v) is 5.69. The molecule has 0 bridgehead atoms. The van der Waals surface area contributed by atoms with E-state index in [1.165, 1.54) is 12.2 Å². The van der Waals surface area contributed by atoms with Gasteiger partial charge in [-0.25, -0.2) is 0 Å². The van der Waals surface area contributed by atoms with E-state index in [-0.39, 0.29) is 11.7 Å². The van der Waals surface area contributed by atoms with Crippen LogP contribution >= 0.6 is 11.8 Å². The molecule has 0 amide bonds. The number of ether oxygens (including phenoxy) is 1. The quantitative estimate of drug-likeness (QED) is 0.844. The molecule has 1 N–H and O–H groups in total. The summed E-state index contributed by atoms with van der Waals surface area (Å²) < 4.78 is 6.06. The molecule has 4 atom stereocenters. The van der Waals surface area contributed by atoms with Crippen LogP contribution in [0.15, 0.2) is 0 Å². The minimum Gasteiger partial charge on any atom is -0.393 e. The molecule has 2 aliphatic heterocycles. The van der Waals surface area contributed by atoms with Gasteiger partial charge in [0.25, 0.3) is 0 Å². The fourth-order valence-electron chi connectivity index (χ4n) is 3.75. The summed E-state index contributed by atoms with van der Waals surface area (Å²) >= 11 is 2.02. The number of aliphatic hydroxyl groups excluding tert-OH is 1. The Labute approximate surface area is 110 Å². The molecule has 0 aromatic heterocycles. The van der Waals surface area contributed by atoms with Crippen LogP contribution in [0.1, 0.15) is 40.0 Å². The summed E-state index contributed by atoms with van der Waals surface area (Å²) in [7, 11) is 0. The zero-order valence-corrected chi connectivity index (χ0v) is 12.1. The Balaban J connectivity index is 2.05. The van der Waals surface area contributed by atoms with E-state index in [2.05, 4.69) is 13.8 Å². The summed E-state index contributed by atoms with van der Waals surface area (Å²) in [5.74, 6) is 4.04. The van der Waals surface area contributed by atoms with E-state index in [1.807, 2.05) is 18.7 Å². The van der Waals surface area contributed by atoms with Crippen molar-refractivity contribution < 1.29 is 9.84 Å². The number of thioether (sulfide) groups is 1. The fourth-order valence-corrected chi connectivity index (χ4v) is 5.13. The van der Waals surface area contributed by atoms with Crippen molar-refractivity contribution >= 4 is 11.8 Å². The summed E-state index contributed by atoms with van der Waals surface area (Å²) in [6.45, 7) is 7.32. The van der Waals surface area contributed by atoms with Gasteiger partial charge in [-0.1, -0.05) is 13.8 Å². The highest BCUT2D eigenvalue weighted by atomic mass is 32.2. The molecule has 0 aromatic carbocycles. The van der Waals surface area contributed by atoms with Crippen LogP contribution in [0.4, 0.5) is 0 Å². The van der Waals surface area contributed by atoms with Gasteiger partial charge in [-0.2, -0.15) is 11.8 Å². The molecular weight excluding hydrogens is 232 g/mol. The third-order valence-electron chi connectivity index (χ3n) is 4.47. The second-order valence-electron chi connectivity index (χ2n) is 6.15. The van der Waals surface area contributed by atoms with Crippen LogP contribution in [0.3, 0.4) is 0 Å². The largest absolute Gasteiger partial charge is 0.393 e. The molecule has 17 heavy (non-hydrogen) atoms. The highest BCUT2D eigenvalue weighted by Crippen LogP contribution is 2.44. The summed E-state index contributed by atoms with van der Waals surface area (Å²) in [6, 6.07) is 0. The molecule has 2 aliphatic rings. The lowest BCUT2D eigenvalue weighted by atomic mass is 9.72. The maximum absolute atomic E-state index is 10.0. The number of aliphatic hydroxyl groups is 1. The van der Waals surface area contributed by atoms with Gasteiger partial charge in [0.05, 0.1) is 11.7 Å². The predicted octanol–water partition coefficient (Wildman–Crippen LogP) is 2.94. The highest BCUT2D eigenvalue weighted by molar-refractivity contribution is 7.99. The molecule has 2 fully saturated rings. The second kappa shape index (κ2) is 5.50. The lowest BCUT2D eigenvalue weighted by molar-refractivity contribution is -0.104. The van der Waals surface area contributed by atoms with Gasteiger partial charge in [0.15, 0.2) is 0 Å². The Morgan fingerprint density at radius 3 is 2.65 bits per heavy atom. The minimum atomic E-state index is -0.191. The van der Waals surface area contributed by atoms with E-state index >= 15 is 0 Å². The molecule has 2 nitrogen and oxygen atoms in total. The minimum absolute atomic E-state index is 0.148. The third kappa shape index (κ3) is 2.99. The van der Waals surface area contributed by atoms with Gasteiger partial charge in [0.1, 0.15) is 0 Å². The van der Waals surface area contributed by atoms with E-state index in [4.69, 9.17) is 4.74 Å². The van der Waals surface area contributed by atoms with Crippen molar-refractivity contribution in [3.05, 3.63) is 0 Å². The first-order chi connectivity index (χ1) is 8.04. The number of hydrogen-bond donors (Lipinski definition) is 1. The van der Waals surface area contributed by atoms with Gasteiger partial charge in [0.2, 0.25) is 0 Å². The van der Waals surface area contributed by atoms with Crippen molar-refractivity contribution in [1.82, 2.24) is 0 Å². The lowest BCUT2D eigenvalue weighted by Gasteiger charge is -2.43. The van der Waals surface area contributed by atoms with Gasteiger partial charge in [-0.15, -0.1) is 0 Å². The zero-order valence-electron chi connectivity index (χ0n) is 11.3. The highest BCUT2D eigenvalue weighted by Gasteiger charge is 2.43. The Hall–Kier alpha value is 0.270. The van der Waals surface area contributed by atoms with E-state index in [0.29, 0.717) is 17.8 Å². The van der Waals surface area contributed by atoms with Gasteiger partial charge in [0, 0.05) is 12.4 Å². The standard InChI is InChI=1S/C14H26O2S/c1-10(2)13(11(3)15)12-4-6-16-14(8-12)5-7-17-9-14/h10-13,15H,4-9H2,1-3H3. The van der Waals surface area contributed by atoms with Crippen LogP contribution < -0.4 is 0 Å². The Bertz CT molecular complexity index is 239. The molecule has 2 rings (SSSR count). The maximum Gasteiger partial charge on any atom is 0.0783 e. The van der Waals surface area contributed by atoms with E-state index in [0.717, 1.165) is 25.2 Å². The molecular formula is C14H26O2S. The fraction of sp³-hybridized carbons (Fsp3) is 1.00. The van der Waals surface area contributed by atoms with Gasteiger partial charge < -0.3 is 9.84 Å². The summed E-state index contributed by atoms with van der Waals surface area (Å²) in [5, 5.41) is 10.0. The average molecular weight is 258 g/mol. The van der Waals surface area contributed by atoms with E-state index in [9.17, 15) is 5.11 Å². The van der Waals surface area contributed by atoms with Crippen molar-refractivity contribution in [2.45, 2.75) is 51.7 Å². The van der Waals surface area contributed by atoms with Crippen molar-refractivity contribution in [1.29, 1.82) is 0 Å².